The summed E-state index contributed by atoms with van der Waals surface area (Å²) in [6.45, 7) is 4.73. The van der Waals surface area contributed by atoms with Crippen LogP contribution in [-0.2, 0) is 4.74 Å². The summed E-state index contributed by atoms with van der Waals surface area (Å²) < 4.78 is 5.31. The molecule has 1 aromatic rings. The summed E-state index contributed by atoms with van der Waals surface area (Å²) in [6.07, 6.45) is 0.625. The van der Waals surface area contributed by atoms with E-state index in [0.29, 0.717) is 31.7 Å². The van der Waals surface area contributed by atoms with Gasteiger partial charge in [0.15, 0.2) is 0 Å². The van der Waals surface area contributed by atoms with Crippen LogP contribution in [0.3, 0.4) is 0 Å². The lowest BCUT2D eigenvalue weighted by Crippen LogP contribution is -2.49. The summed E-state index contributed by atoms with van der Waals surface area (Å²) in [7, 11) is 0. The Kier molecular flexibility index (Phi) is 4.02. The summed E-state index contributed by atoms with van der Waals surface area (Å²) >= 11 is 1.41. The third-order valence-electron chi connectivity index (χ3n) is 3.89. The number of morpholine rings is 1. The minimum Gasteiger partial charge on any atom is -0.387 e. The first kappa shape index (κ1) is 13.9. The van der Waals surface area contributed by atoms with Crippen LogP contribution in [0.2, 0.25) is 0 Å². The minimum absolute atomic E-state index is 0.0795. The number of rotatable bonds is 3. The molecule has 1 amide bonds. The maximum absolute atomic E-state index is 12.2. The van der Waals surface area contributed by atoms with Crippen molar-refractivity contribution in [3.05, 3.63) is 16.6 Å². The molecule has 0 radical (unpaired) electrons. The van der Waals surface area contributed by atoms with Crippen LogP contribution in [0.1, 0.15) is 16.9 Å². The number of carbonyl (C=O) groups is 1. The Balaban J connectivity index is 1.59. The number of hydrogen-bond donors (Lipinski definition) is 1. The number of ether oxygens (including phenoxy) is 1. The van der Waals surface area contributed by atoms with Gasteiger partial charge in [-0.25, -0.2) is 4.98 Å². The van der Waals surface area contributed by atoms with E-state index >= 15 is 0 Å². The number of amides is 1. The molecule has 0 unspecified atom stereocenters. The van der Waals surface area contributed by atoms with E-state index in [1.54, 1.807) is 15.8 Å². The van der Waals surface area contributed by atoms with Gasteiger partial charge in [-0.2, -0.15) is 0 Å². The Morgan fingerprint density at radius 2 is 2.25 bits per heavy atom. The van der Waals surface area contributed by atoms with Gasteiger partial charge in [-0.05, 0) is 6.42 Å². The molecule has 7 heteroatoms. The largest absolute Gasteiger partial charge is 0.387 e. The van der Waals surface area contributed by atoms with Gasteiger partial charge in [-0.3, -0.25) is 9.69 Å². The second-order valence-corrected chi connectivity index (χ2v) is 6.18. The fourth-order valence-corrected chi connectivity index (χ4v) is 3.34. The smallest absolute Gasteiger partial charge is 0.273 e. The first-order valence-electron chi connectivity index (χ1n) is 6.86. The monoisotopic (exact) mass is 297 g/mol. The van der Waals surface area contributed by atoms with Crippen LogP contribution in [0.15, 0.2) is 10.9 Å². The number of likely N-dealkylation sites (tertiary alicyclic amines) is 1. The van der Waals surface area contributed by atoms with E-state index in [1.807, 2.05) is 0 Å². The molecule has 110 valence electrons. The van der Waals surface area contributed by atoms with Gasteiger partial charge in [0.25, 0.3) is 5.91 Å². The average molecular weight is 297 g/mol. The maximum Gasteiger partial charge on any atom is 0.273 e. The average Bonchev–Trinajstić information content (AvgIpc) is 3.09. The molecule has 2 aliphatic heterocycles. The molecule has 1 atom stereocenters. The molecule has 6 nitrogen and oxygen atoms in total. The van der Waals surface area contributed by atoms with E-state index < -0.39 is 5.60 Å². The Labute approximate surface area is 122 Å². The number of aromatic nitrogens is 1. The second kappa shape index (κ2) is 5.77. The molecule has 20 heavy (non-hydrogen) atoms. The van der Waals surface area contributed by atoms with Gasteiger partial charge in [0.2, 0.25) is 0 Å². The highest BCUT2D eigenvalue weighted by molar-refractivity contribution is 7.07. The Morgan fingerprint density at radius 1 is 1.45 bits per heavy atom. The highest BCUT2D eigenvalue weighted by atomic mass is 32.1. The van der Waals surface area contributed by atoms with Crippen molar-refractivity contribution in [2.45, 2.75) is 12.0 Å². The normalized spacial score (nSPS) is 27.9. The number of β-amino-alcohol motifs (C(OH)–C–C–N with tert-alkyl or cyclic N) is 1. The van der Waals surface area contributed by atoms with Gasteiger partial charge < -0.3 is 14.7 Å². The summed E-state index contributed by atoms with van der Waals surface area (Å²) in [4.78, 5) is 20.2. The highest BCUT2D eigenvalue weighted by Crippen LogP contribution is 2.24. The molecule has 1 N–H and O–H groups in total. The topological polar surface area (TPSA) is 65.9 Å². The van der Waals surface area contributed by atoms with Crippen LogP contribution in [0.4, 0.5) is 0 Å². The molecular weight excluding hydrogens is 278 g/mol. The van der Waals surface area contributed by atoms with Crippen molar-refractivity contribution in [3.63, 3.8) is 0 Å². The fraction of sp³-hybridized carbons (Fsp3) is 0.692. The first-order valence-corrected chi connectivity index (χ1v) is 7.81. The van der Waals surface area contributed by atoms with Crippen molar-refractivity contribution in [1.29, 1.82) is 0 Å². The molecule has 0 spiro atoms. The Morgan fingerprint density at radius 3 is 2.95 bits per heavy atom. The molecule has 1 aromatic heterocycles. The molecule has 3 heterocycles. The van der Waals surface area contributed by atoms with Crippen molar-refractivity contribution in [1.82, 2.24) is 14.8 Å². The first-order chi connectivity index (χ1) is 9.66. The van der Waals surface area contributed by atoms with Crippen LogP contribution in [0, 0.1) is 0 Å². The van der Waals surface area contributed by atoms with E-state index in [9.17, 15) is 9.90 Å². The highest BCUT2D eigenvalue weighted by Gasteiger charge is 2.40. The second-order valence-electron chi connectivity index (χ2n) is 5.46. The van der Waals surface area contributed by atoms with Gasteiger partial charge in [-0.15, -0.1) is 11.3 Å². The molecule has 0 bridgehead atoms. The number of aliphatic hydroxyl groups is 1. The lowest BCUT2D eigenvalue weighted by atomic mass is 10.0. The molecule has 0 saturated carbocycles. The molecule has 2 fully saturated rings. The Bertz CT molecular complexity index is 461. The zero-order chi connectivity index (χ0) is 14.0. The van der Waals surface area contributed by atoms with Gasteiger partial charge in [-0.1, -0.05) is 0 Å². The van der Waals surface area contributed by atoms with Crippen molar-refractivity contribution < 1.29 is 14.6 Å². The quantitative estimate of drug-likeness (QED) is 0.854. The molecule has 3 rings (SSSR count). The third kappa shape index (κ3) is 3.01. The van der Waals surface area contributed by atoms with Gasteiger partial charge in [0.1, 0.15) is 5.69 Å². The van der Waals surface area contributed by atoms with Crippen molar-refractivity contribution in [2.24, 2.45) is 0 Å². The van der Waals surface area contributed by atoms with Crippen LogP contribution < -0.4 is 0 Å². The summed E-state index contributed by atoms with van der Waals surface area (Å²) in [5.74, 6) is -0.0795. The molecule has 0 aliphatic carbocycles. The van der Waals surface area contributed by atoms with Crippen molar-refractivity contribution in [3.8, 4) is 0 Å². The Hall–Kier alpha value is -1.02. The van der Waals surface area contributed by atoms with E-state index in [4.69, 9.17) is 4.74 Å². The number of carbonyl (C=O) groups excluding carboxylic acids is 1. The molecule has 2 aliphatic rings. The predicted octanol–water partition coefficient (Wildman–Crippen LogP) is 0.0523. The lowest BCUT2D eigenvalue weighted by Gasteiger charge is -2.33. The van der Waals surface area contributed by atoms with E-state index in [1.165, 1.54) is 11.3 Å². The molecular formula is C13H19N3O3S. The van der Waals surface area contributed by atoms with Crippen LogP contribution in [0.5, 0.6) is 0 Å². The lowest BCUT2D eigenvalue weighted by molar-refractivity contribution is -0.0257. The van der Waals surface area contributed by atoms with E-state index in [-0.39, 0.29) is 5.91 Å². The van der Waals surface area contributed by atoms with Gasteiger partial charge in [0, 0.05) is 31.6 Å². The number of thiazole rings is 1. The molecule has 2 saturated heterocycles. The van der Waals surface area contributed by atoms with E-state index in [0.717, 1.165) is 26.3 Å². The zero-order valence-electron chi connectivity index (χ0n) is 11.3. The van der Waals surface area contributed by atoms with Crippen molar-refractivity contribution >= 4 is 17.2 Å². The number of nitrogens with zero attached hydrogens (tertiary/aromatic N) is 3. The zero-order valence-corrected chi connectivity index (χ0v) is 12.1. The molecule has 0 aromatic carbocycles. The summed E-state index contributed by atoms with van der Waals surface area (Å²) in [5.41, 5.74) is 1.33. The summed E-state index contributed by atoms with van der Waals surface area (Å²) in [6, 6.07) is 0. The minimum atomic E-state index is -0.803. The number of hydrogen-bond acceptors (Lipinski definition) is 6. The van der Waals surface area contributed by atoms with Crippen LogP contribution in [-0.4, -0.2) is 77.3 Å². The SMILES string of the molecule is O=C(c1cscn1)N1CC[C@@](O)(CN2CCOCC2)C1. The fourth-order valence-electron chi connectivity index (χ4n) is 2.81. The third-order valence-corrected chi connectivity index (χ3v) is 4.48. The predicted molar refractivity (Wildman–Crippen MR) is 74.8 cm³/mol. The van der Waals surface area contributed by atoms with Gasteiger partial charge in [0.05, 0.1) is 30.9 Å². The van der Waals surface area contributed by atoms with Crippen LogP contribution in [0.25, 0.3) is 0 Å². The van der Waals surface area contributed by atoms with E-state index in [2.05, 4.69) is 9.88 Å². The van der Waals surface area contributed by atoms with Crippen LogP contribution >= 0.6 is 11.3 Å². The summed E-state index contributed by atoms with van der Waals surface area (Å²) in [5, 5.41) is 12.4. The van der Waals surface area contributed by atoms with Crippen molar-refractivity contribution in [2.75, 3.05) is 45.9 Å². The standard InChI is InChI=1S/C13H19N3O3S/c17-12(11-7-20-10-14-11)16-2-1-13(18,9-16)8-15-3-5-19-6-4-15/h7,10,18H,1-6,8-9H2/t13-/m1/s1. The van der Waals surface area contributed by atoms with Gasteiger partial charge >= 0.3 is 0 Å². The maximum atomic E-state index is 12.2.